The maximum atomic E-state index is 13.1. The van der Waals surface area contributed by atoms with Crippen LogP contribution < -0.4 is 5.32 Å². The van der Waals surface area contributed by atoms with E-state index >= 15 is 0 Å². The summed E-state index contributed by atoms with van der Waals surface area (Å²) >= 11 is 5.24. The van der Waals surface area contributed by atoms with Gasteiger partial charge in [0.1, 0.15) is 5.82 Å². The Bertz CT molecular complexity index is 531. The van der Waals surface area contributed by atoms with Crippen molar-refractivity contribution in [2.45, 2.75) is 26.9 Å². The summed E-state index contributed by atoms with van der Waals surface area (Å²) in [7, 11) is 0. The van der Waals surface area contributed by atoms with Gasteiger partial charge in [-0.25, -0.2) is 4.39 Å². The van der Waals surface area contributed by atoms with Crippen LogP contribution in [-0.4, -0.2) is 0 Å². The molecule has 1 heterocycles. The highest BCUT2D eigenvalue weighted by molar-refractivity contribution is 9.10. The molecule has 0 amide bonds. The molecule has 1 aromatic heterocycles. The maximum absolute atomic E-state index is 13.1. The quantitative estimate of drug-likeness (QED) is 0.868. The van der Waals surface area contributed by atoms with E-state index in [1.54, 1.807) is 12.1 Å². The van der Waals surface area contributed by atoms with Gasteiger partial charge in [0.05, 0.1) is 0 Å². The van der Waals surface area contributed by atoms with Crippen molar-refractivity contribution in [3.05, 3.63) is 55.4 Å². The lowest BCUT2D eigenvalue weighted by Crippen LogP contribution is -2.12. The number of halogens is 2. The molecule has 0 spiro atoms. The molecular formula is C14H15BrFNS. The fraction of sp³-hybridized carbons (Fsp3) is 0.286. The first kappa shape index (κ1) is 13.7. The number of thiophene rings is 1. The van der Waals surface area contributed by atoms with Crippen LogP contribution in [0, 0.1) is 19.7 Å². The highest BCUT2D eigenvalue weighted by atomic mass is 79.9. The highest BCUT2D eigenvalue weighted by Crippen LogP contribution is 2.21. The van der Waals surface area contributed by atoms with Crippen molar-refractivity contribution in [2.24, 2.45) is 0 Å². The molecule has 0 aliphatic heterocycles. The van der Waals surface area contributed by atoms with Gasteiger partial charge >= 0.3 is 0 Å². The van der Waals surface area contributed by atoms with E-state index in [2.05, 4.69) is 41.2 Å². The second-order valence-electron chi connectivity index (χ2n) is 4.29. The molecule has 0 radical (unpaired) electrons. The number of rotatable bonds is 4. The average molecular weight is 328 g/mol. The smallest absolute Gasteiger partial charge is 0.123 e. The van der Waals surface area contributed by atoms with Crippen molar-refractivity contribution in [3.8, 4) is 0 Å². The van der Waals surface area contributed by atoms with Gasteiger partial charge in [-0.05, 0) is 49.2 Å². The van der Waals surface area contributed by atoms with Gasteiger partial charge in [-0.2, -0.15) is 0 Å². The van der Waals surface area contributed by atoms with Crippen LogP contribution in [0.5, 0.6) is 0 Å². The first-order valence-electron chi connectivity index (χ1n) is 5.77. The molecule has 0 aliphatic rings. The van der Waals surface area contributed by atoms with E-state index in [1.165, 1.54) is 21.4 Å². The minimum Gasteiger partial charge on any atom is -0.308 e. The molecule has 0 bridgehead atoms. The summed E-state index contributed by atoms with van der Waals surface area (Å²) in [5.74, 6) is -0.196. The van der Waals surface area contributed by atoms with Crippen LogP contribution in [-0.2, 0) is 13.1 Å². The molecule has 2 aromatic rings. The second kappa shape index (κ2) is 5.95. The predicted octanol–water partition coefficient (Wildman–Crippen LogP) is 4.56. The van der Waals surface area contributed by atoms with E-state index in [4.69, 9.17) is 0 Å². The molecule has 0 atom stereocenters. The summed E-state index contributed by atoms with van der Waals surface area (Å²) in [4.78, 5) is 2.68. The Morgan fingerprint density at radius 1 is 1.22 bits per heavy atom. The molecule has 2 rings (SSSR count). The highest BCUT2D eigenvalue weighted by Gasteiger charge is 2.04. The maximum Gasteiger partial charge on any atom is 0.123 e. The molecule has 1 aromatic carbocycles. The number of nitrogens with one attached hydrogen (secondary N) is 1. The summed E-state index contributed by atoms with van der Waals surface area (Å²) in [6.45, 7) is 5.74. The number of hydrogen-bond donors (Lipinski definition) is 1. The van der Waals surface area contributed by atoms with Crippen LogP contribution in [0.25, 0.3) is 0 Å². The summed E-state index contributed by atoms with van der Waals surface area (Å²) in [6, 6.07) is 6.96. The Hall–Kier alpha value is -0.710. The third kappa shape index (κ3) is 3.40. The molecule has 0 fully saturated rings. The van der Waals surface area contributed by atoms with Crippen LogP contribution in [0.3, 0.4) is 0 Å². The van der Waals surface area contributed by atoms with E-state index in [0.717, 1.165) is 16.6 Å². The molecule has 0 unspecified atom stereocenters. The third-order valence-electron chi connectivity index (χ3n) is 2.84. The molecule has 1 N–H and O–H groups in total. The van der Waals surface area contributed by atoms with Gasteiger partial charge in [-0.3, -0.25) is 0 Å². The molecule has 0 aliphatic carbocycles. The van der Waals surface area contributed by atoms with Crippen molar-refractivity contribution in [2.75, 3.05) is 0 Å². The van der Waals surface area contributed by atoms with Crippen molar-refractivity contribution < 1.29 is 4.39 Å². The standard InChI is InChI=1S/C14H15BrFNS/c1-9-5-13(18-10(9)2)8-17-7-11-6-12(16)3-4-14(11)15/h3-6,17H,7-8H2,1-2H3. The van der Waals surface area contributed by atoms with E-state index in [0.29, 0.717) is 6.54 Å². The van der Waals surface area contributed by atoms with Crippen molar-refractivity contribution >= 4 is 27.3 Å². The van der Waals surface area contributed by atoms with Crippen LogP contribution in [0.4, 0.5) is 4.39 Å². The number of hydrogen-bond acceptors (Lipinski definition) is 2. The van der Waals surface area contributed by atoms with Gasteiger partial charge in [-0.15, -0.1) is 11.3 Å². The lowest BCUT2D eigenvalue weighted by atomic mass is 10.2. The minimum atomic E-state index is -0.196. The Kier molecular flexibility index (Phi) is 4.54. The van der Waals surface area contributed by atoms with Gasteiger partial charge < -0.3 is 5.32 Å². The van der Waals surface area contributed by atoms with E-state index in [-0.39, 0.29) is 5.82 Å². The summed E-state index contributed by atoms with van der Waals surface area (Å²) < 4.78 is 14.0. The summed E-state index contributed by atoms with van der Waals surface area (Å²) in [5, 5.41) is 3.34. The SMILES string of the molecule is Cc1cc(CNCc2cc(F)ccc2Br)sc1C. The van der Waals surface area contributed by atoms with Gasteiger partial charge in [0, 0.05) is 27.3 Å². The molecular weight excluding hydrogens is 313 g/mol. The molecule has 18 heavy (non-hydrogen) atoms. The lowest BCUT2D eigenvalue weighted by Gasteiger charge is -2.06. The first-order chi connectivity index (χ1) is 8.56. The van der Waals surface area contributed by atoms with E-state index in [1.807, 2.05) is 11.3 Å². The Morgan fingerprint density at radius 3 is 2.67 bits per heavy atom. The van der Waals surface area contributed by atoms with Crippen LogP contribution in [0.15, 0.2) is 28.7 Å². The van der Waals surface area contributed by atoms with Crippen molar-refractivity contribution in [1.82, 2.24) is 5.32 Å². The third-order valence-corrected chi connectivity index (χ3v) is 4.77. The monoisotopic (exact) mass is 327 g/mol. The van der Waals surface area contributed by atoms with Crippen LogP contribution in [0.1, 0.15) is 20.9 Å². The van der Waals surface area contributed by atoms with Crippen molar-refractivity contribution in [1.29, 1.82) is 0 Å². The summed E-state index contributed by atoms with van der Waals surface area (Å²) in [5.41, 5.74) is 2.28. The van der Waals surface area contributed by atoms with Gasteiger partial charge in [0.2, 0.25) is 0 Å². The van der Waals surface area contributed by atoms with Gasteiger partial charge in [-0.1, -0.05) is 15.9 Å². The predicted molar refractivity (Wildman–Crippen MR) is 78.4 cm³/mol. The topological polar surface area (TPSA) is 12.0 Å². The first-order valence-corrected chi connectivity index (χ1v) is 7.38. The van der Waals surface area contributed by atoms with Crippen LogP contribution >= 0.6 is 27.3 Å². The summed E-state index contributed by atoms with van der Waals surface area (Å²) in [6.07, 6.45) is 0. The Balaban J connectivity index is 1.94. The molecule has 0 saturated carbocycles. The molecule has 4 heteroatoms. The zero-order valence-corrected chi connectivity index (χ0v) is 12.8. The molecule has 0 saturated heterocycles. The zero-order valence-electron chi connectivity index (χ0n) is 10.4. The van der Waals surface area contributed by atoms with Gasteiger partial charge in [0.25, 0.3) is 0 Å². The molecule has 96 valence electrons. The van der Waals surface area contributed by atoms with Crippen LogP contribution in [0.2, 0.25) is 0 Å². The fourth-order valence-corrected chi connectivity index (χ4v) is 3.15. The average Bonchev–Trinajstić information content (AvgIpc) is 2.63. The van der Waals surface area contributed by atoms with Crippen molar-refractivity contribution in [3.63, 3.8) is 0 Å². The Morgan fingerprint density at radius 2 is 2.00 bits per heavy atom. The second-order valence-corrected chi connectivity index (χ2v) is 6.49. The number of aryl methyl sites for hydroxylation is 2. The normalized spacial score (nSPS) is 10.9. The molecule has 1 nitrogen and oxygen atoms in total. The van der Waals surface area contributed by atoms with Gasteiger partial charge in [0.15, 0.2) is 0 Å². The zero-order chi connectivity index (χ0) is 13.1. The lowest BCUT2D eigenvalue weighted by molar-refractivity contribution is 0.620. The van der Waals surface area contributed by atoms with E-state index in [9.17, 15) is 4.39 Å². The van der Waals surface area contributed by atoms with E-state index < -0.39 is 0 Å². The number of benzene rings is 1. The largest absolute Gasteiger partial charge is 0.308 e. The fourth-order valence-electron chi connectivity index (χ4n) is 1.74. The Labute approximate surface area is 119 Å². The minimum absolute atomic E-state index is 0.196.